The largest absolute Gasteiger partial charge is 0.476 e. The first-order valence-electron chi connectivity index (χ1n) is 7.85. The number of halogens is 4. The molecule has 0 amide bonds. The molecule has 11 heteroatoms. The molecule has 150 valence electrons. The monoisotopic (exact) mass is 498 g/mol. The Hall–Kier alpha value is -2.05. The van der Waals surface area contributed by atoms with Crippen LogP contribution in [0.25, 0.3) is 0 Å². The van der Waals surface area contributed by atoms with Crippen LogP contribution in [0, 0.1) is 0 Å². The number of aryl methyl sites for hydroxylation is 1. The van der Waals surface area contributed by atoms with E-state index in [4.69, 9.17) is 4.74 Å². The Balaban J connectivity index is 0.00000364. The zero-order chi connectivity index (χ0) is 19.2. The summed E-state index contributed by atoms with van der Waals surface area (Å²) in [5.41, 5.74) is 0.239. The summed E-state index contributed by atoms with van der Waals surface area (Å²) in [7, 11) is 5.41. The Labute approximate surface area is 172 Å². The molecule has 27 heavy (non-hydrogen) atoms. The fourth-order valence-corrected chi connectivity index (χ4v) is 2.24. The molecule has 0 atom stereocenters. The van der Waals surface area contributed by atoms with Gasteiger partial charge in [0, 0.05) is 51.7 Å². The van der Waals surface area contributed by atoms with Crippen molar-refractivity contribution in [3.8, 4) is 5.88 Å². The average Bonchev–Trinajstić information content (AvgIpc) is 2.99. The topological polar surface area (TPSA) is 67.6 Å². The third-order valence-electron chi connectivity index (χ3n) is 3.45. The van der Waals surface area contributed by atoms with Gasteiger partial charge >= 0.3 is 6.18 Å². The number of pyridine rings is 1. The number of aromatic nitrogens is 3. The number of ether oxygens (including phenoxy) is 1. The molecule has 0 bridgehead atoms. The van der Waals surface area contributed by atoms with Crippen molar-refractivity contribution in [1.29, 1.82) is 0 Å². The Kier molecular flexibility index (Phi) is 8.79. The Morgan fingerprint density at radius 1 is 1.33 bits per heavy atom. The van der Waals surface area contributed by atoms with E-state index in [1.807, 2.05) is 25.2 Å². The molecule has 0 unspecified atom stereocenters. The van der Waals surface area contributed by atoms with Crippen LogP contribution in [0.3, 0.4) is 0 Å². The normalized spacial score (nSPS) is 11.7. The van der Waals surface area contributed by atoms with Crippen molar-refractivity contribution in [3.05, 3.63) is 41.9 Å². The molecule has 0 aliphatic heterocycles. The van der Waals surface area contributed by atoms with Gasteiger partial charge in [0.15, 0.2) is 5.96 Å². The molecule has 2 aromatic rings. The summed E-state index contributed by atoms with van der Waals surface area (Å²) in [4.78, 5) is 9.76. The first-order chi connectivity index (χ1) is 12.3. The van der Waals surface area contributed by atoms with Gasteiger partial charge in [0.05, 0.1) is 18.3 Å². The number of hydrogen-bond acceptors (Lipinski definition) is 4. The quantitative estimate of drug-likeness (QED) is 0.287. The molecule has 0 saturated carbocycles. The lowest BCUT2D eigenvalue weighted by molar-refractivity contribution is -0.137. The van der Waals surface area contributed by atoms with Gasteiger partial charge in [-0.1, -0.05) is 0 Å². The third-order valence-corrected chi connectivity index (χ3v) is 3.45. The van der Waals surface area contributed by atoms with Crippen molar-refractivity contribution in [2.24, 2.45) is 12.0 Å². The number of aliphatic imine (C=N–C) groups is 1. The lowest BCUT2D eigenvalue weighted by Gasteiger charge is -2.21. The number of hydrogen-bond donors (Lipinski definition) is 1. The minimum absolute atomic E-state index is 0. The second-order valence-electron chi connectivity index (χ2n) is 5.58. The maximum Gasteiger partial charge on any atom is 0.417 e. The van der Waals surface area contributed by atoms with E-state index in [0.717, 1.165) is 17.8 Å². The number of alkyl halides is 3. The number of nitrogens with zero attached hydrogens (tertiary/aromatic N) is 5. The average molecular weight is 498 g/mol. The Morgan fingerprint density at radius 3 is 2.59 bits per heavy atom. The van der Waals surface area contributed by atoms with Crippen LogP contribution in [-0.4, -0.2) is 52.9 Å². The van der Waals surface area contributed by atoms with Gasteiger partial charge in [-0.3, -0.25) is 9.67 Å². The summed E-state index contributed by atoms with van der Waals surface area (Å²) in [5.74, 6) is 0.802. The smallest absolute Gasteiger partial charge is 0.417 e. The second kappa shape index (κ2) is 10.3. The molecule has 0 radical (unpaired) electrons. The first-order valence-corrected chi connectivity index (χ1v) is 7.85. The predicted octanol–water partition coefficient (Wildman–Crippen LogP) is 2.54. The van der Waals surface area contributed by atoms with E-state index in [-0.39, 0.29) is 36.5 Å². The molecule has 1 N–H and O–H groups in total. The fourth-order valence-electron chi connectivity index (χ4n) is 2.24. The van der Waals surface area contributed by atoms with Crippen LogP contribution in [0.1, 0.15) is 11.1 Å². The molecular formula is C16H22F3IN6O. The van der Waals surface area contributed by atoms with Crippen LogP contribution in [0.5, 0.6) is 5.88 Å². The number of rotatable bonds is 6. The first kappa shape index (κ1) is 23.0. The molecule has 0 saturated heterocycles. The number of guanidine groups is 1. The molecule has 0 aliphatic rings. The van der Waals surface area contributed by atoms with Gasteiger partial charge in [-0.25, -0.2) is 4.98 Å². The maximum atomic E-state index is 12.5. The minimum Gasteiger partial charge on any atom is -0.476 e. The van der Waals surface area contributed by atoms with E-state index in [1.165, 1.54) is 6.07 Å². The molecule has 7 nitrogen and oxygen atoms in total. The zero-order valence-corrected chi connectivity index (χ0v) is 17.5. The van der Waals surface area contributed by atoms with E-state index in [0.29, 0.717) is 19.0 Å². The highest BCUT2D eigenvalue weighted by Gasteiger charge is 2.30. The molecule has 0 spiro atoms. The Bertz CT molecular complexity index is 733. The summed E-state index contributed by atoms with van der Waals surface area (Å²) in [6, 6.07) is 2.14. The van der Waals surface area contributed by atoms with Gasteiger partial charge in [0.2, 0.25) is 5.88 Å². The zero-order valence-electron chi connectivity index (χ0n) is 15.2. The van der Waals surface area contributed by atoms with Crippen LogP contribution in [0.15, 0.2) is 35.7 Å². The van der Waals surface area contributed by atoms with Gasteiger partial charge in [-0.2, -0.15) is 18.3 Å². The molecule has 0 aliphatic carbocycles. The van der Waals surface area contributed by atoms with Crippen molar-refractivity contribution in [2.75, 3.05) is 27.2 Å². The second-order valence-corrected chi connectivity index (χ2v) is 5.58. The highest BCUT2D eigenvalue weighted by atomic mass is 127. The minimum atomic E-state index is -4.40. The van der Waals surface area contributed by atoms with Crippen molar-refractivity contribution >= 4 is 29.9 Å². The van der Waals surface area contributed by atoms with Gasteiger partial charge in [0.1, 0.15) is 6.61 Å². The molecule has 2 aromatic heterocycles. The number of nitrogens with one attached hydrogen (secondary N) is 1. The van der Waals surface area contributed by atoms with Gasteiger partial charge in [0.25, 0.3) is 0 Å². The summed E-state index contributed by atoms with van der Waals surface area (Å²) >= 11 is 0. The van der Waals surface area contributed by atoms with E-state index in [9.17, 15) is 13.2 Å². The van der Waals surface area contributed by atoms with Gasteiger partial charge < -0.3 is 15.0 Å². The van der Waals surface area contributed by atoms with Crippen molar-refractivity contribution in [1.82, 2.24) is 25.0 Å². The standard InChI is InChI=1S/C16H21F3N6O.HI/c1-20-15(24(2)10-12-8-23-25(3)11-12)21-6-7-26-14-5-4-13(9-22-14)16(17,18)19;/h4-5,8-9,11H,6-7,10H2,1-3H3,(H,20,21);1H. The predicted molar refractivity (Wildman–Crippen MR) is 106 cm³/mol. The van der Waals surface area contributed by atoms with Gasteiger partial charge in [-0.05, 0) is 6.07 Å². The van der Waals surface area contributed by atoms with Crippen molar-refractivity contribution in [3.63, 3.8) is 0 Å². The van der Waals surface area contributed by atoms with Crippen LogP contribution < -0.4 is 10.1 Å². The summed E-state index contributed by atoms with van der Waals surface area (Å²) < 4.78 is 44.5. The third kappa shape index (κ3) is 7.23. The van der Waals surface area contributed by atoms with Crippen LogP contribution in [0.4, 0.5) is 13.2 Å². The van der Waals surface area contributed by atoms with E-state index < -0.39 is 11.7 Å². The summed E-state index contributed by atoms with van der Waals surface area (Å²) in [6.07, 6.45) is 0.0497. The lowest BCUT2D eigenvalue weighted by atomic mass is 10.3. The van der Waals surface area contributed by atoms with Crippen LogP contribution in [0.2, 0.25) is 0 Å². The maximum absolute atomic E-state index is 12.5. The van der Waals surface area contributed by atoms with Gasteiger partial charge in [-0.15, -0.1) is 24.0 Å². The Morgan fingerprint density at radius 2 is 2.07 bits per heavy atom. The highest BCUT2D eigenvalue weighted by molar-refractivity contribution is 14.0. The van der Waals surface area contributed by atoms with Crippen molar-refractivity contribution in [2.45, 2.75) is 12.7 Å². The van der Waals surface area contributed by atoms with Crippen molar-refractivity contribution < 1.29 is 17.9 Å². The highest BCUT2D eigenvalue weighted by Crippen LogP contribution is 2.29. The summed E-state index contributed by atoms with van der Waals surface area (Å²) in [5, 5.41) is 7.24. The van der Waals surface area contributed by atoms with Crippen LogP contribution >= 0.6 is 24.0 Å². The van der Waals surface area contributed by atoms with E-state index in [2.05, 4.69) is 20.4 Å². The SMILES string of the molecule is CN=C(NCCOc1ccc(C(F)(F)F)cn1)N(C)Cc1cnn(C)c1.I. The molecule has 0 fully saturated rings. The van der Waals surface area contributed by atoms with E-state index >= 15 is 0 Å². The molecule has 2 rings (SSSR count). The van der Waals surface area contributed by atoms with Crippen LogP contribution in [-0.2, 0) is 19.8 Å². The summed E-state index contributed by atoms with van der Waals surface area (Å²) in [6.45, 7) is 1.29. The van der Waals surface area contributed by atoms with E-state index in [1.54, 1.807) is 17.9 Å². The lowest BCUT2D eigenvalue weighted by Crippen LogP contribution is -2.40. The fraction of sp³-hybridized carbons (Fsp3) is 0.438. The molecule has 2 heterocycles. The molecular weight excluding hydrogens is 476 g/mol. The molecule has 0 aromatic carbocycles.